The molecule has 0 saturated carbocycles. The highest BCUT2D eigenvalue weighted by Crippen LogP contribution is 2.40. The van der Waals surface area contributed by atoms with Crippen molar-refractivity contribution in [1.29, 1.82) is 0 Å². The van der Waals surface area contributed by atoms with Crippen molar-refractivity contribution in [2.45, 2.75) is 38.7 Å². The molecule has 1 saturated heterocycles. The van der Waals surface area contributed by atoms with E-state index in [9.17, 15) is 9.90 Å². The predicted octanol–water partition coefficient (Wildman–Crippen LogP) is 5.84. The van der Waals surface area contributed by atoms with E-state index in [1.807, 2.05) is 12.1 Å². The minimum atomic E-state index is -0.950. The number of likely N-dealkylation sites (N-methyl/N-ethyl adjacent to an activating group) is 1. The van der Waals surface area contributed by atoms with E-state index in [1.54, 1.807) is 30.3 Å². The van der Waals surface area contributed by atoms with Crippen LogP contribution in [0.25, 0.3) is 6.08 Å². The molecule has 1 unspecified atom stereocenters. The quantitative estimate of drug-likeness (QED) is 0.325. The second-order valence-corrected chi connectivity index (χ2v) is 11.4. The standard InChI is InChI=1S/C33H41N3O3/c1-33(2,3)28-22-27(30(37)15-12-25-10-13-26(14-11-25)32(38)39)23-29(36-20-18-35(4)19-21-36)31(28)34-17-16-24-8-6-5-7-9-24/h5-15,22-23,30,34,37H,16-21H2,1-4H3,(H,38,39). The maximum absolute atomic E-state index is 11.3. The molecule has 0 amide bonds. The van der Waals surface area contributed by atoms with Crippen LogP contribution in [-0.2, 0) is 11.8 Å². The van der Waals surface area contributed by atoms with Gasteiger partial charge in [-0.1, -0.05) is 81.5 Å². The lowest BCUT2D eigenvalue weighted by atomic mass is 9.83. The SMILES string of the molecule is CN1CCN(c2cc(C(O)C=Cc3ccc(C(=O)O)cc3)cc(C(C)(C)C)c2NCCc2ccccc2)CC1. The molecular weight excluding hydrogens is 486 g/mol. The number of nitrogens with zero attached hydrogens (tertiary/aromatic N) is 2. The number of piperazine rings is 1. The Hall–Kier alpha value is -3.61. The first-order valence-electron chi connectivity index (χ1n) is 13.7. The minimum absolute atomic E-state index is 0.136. The monoisotopic (exact) mass is 527 g/mol. The highest BCUT2D eigenvalue weighted by molar-refractivity contribution is 5.87. The summed E-state index contributed by atoms with van der Waals surface area (Å²) in [5.74, 6) is -0.950. The first kappa shape index (κ1) is 28.4. The van der Waals surface area contributed by atoms with Crippen LogP contribution in [0.3, 0.4) is 0 Å². The van der Waals surface area contributed by atoms with Crippen molar-refractivity contribution in [2.24, 2.45) is 0 Å². The zero-order chi connectivity index (χ0) is 28.0. The molecule has 3 N–H and O–H groups in total. The fourth-order valence-corrected chi connectivity index (χ4v) is 4.92. The van der Waals surface area contributed by atoms with E-state index in [0.717, 1.165) is 61.6 Å². The van der Waals surface area contributed by atoms with E-state index in [4.69, 9.17) is 5.11 Å². The summed E-state index contributed by atoms with van der Waals surface area (Å²) in [5, 5.41) is 24.2. The lowest BCUT2D eigenvalue weighted by Gasteiger charge is -2.37. The van der Waals surface area contributed by atoms with Gasteiger partial charge in [0.1, 0.15) is 0 Å². The van der Waals surface area contributed by atoms with Gasteiger partial charge in [-0.2, -0.15) is 0 Å². The van der Waals surface area contributed by atoms with Crippen LogP contribution in [-0.4, -0.2) is 60.9 Å². The number of anilines is 2. The molecule has 6 nitrogen and oxygen atoms in total. The van der Waals surface area contributed by atoms with E-state index >= 15 is 0 Å². The molecule has 1 heterocycles. The number of aliphatic hydroxyl groups excluding tert-OH is 1. The molecule has 0 radical (unpaired) electrons. The van der Waals surface area contributed by atoms with Crippen LogP contribution in [0.5, 0.6) is 0 Å². The van der Waals surface area contributed by atoms with E-state index in [-0.39, 0.29) is 11.0 Å². The summed E-state index contributed by atoms with van der Waals surface area (Å²) in [7, 11) is 2.16. The fourth-order valence-electron chi connectivity index (χ4n) is 4.92. The number of carbonyl (C=O) groups is 1. The van der Waals surface area contributed by atoms with Gasteiger partial charge < -0.3 is 25.3 Å². The van der Waals surface area contributed by atoms with Crippen molar-refractivity contribution in [3.63, 3.8) is 0 Å². The fraction of sp³-hybridized carbons (Fsp3) is 0.364. The van der Waals surface area contributed by atoms with Crippen LogP contribution in [0.2, 0.25) is 0 Å². The van der Waals surface area contributed by atoms with Crippen LogP contribution in [0.4, 0.5) is 11.4 Å². The Kier molecular flexibility index (Phi) is 9.10. The molecule has 1 aliphatic rings. The molecule has 1 fully saturated rings. The summed E-state index contributed by atoms with van der Waals surface area (Å²) < 4.78 is 0. The van der Waals surface area contributed by atoms with Crippen molar-refractivity contribution < 1.29 is 15.0 Å². The predicted molar refractivity (Wildman–Crippen MR) is 161 cm³/mol. The number of aromatic carboxylic acids is 1. The number of nitrogens with one attached hydrogen (secondary N) is 1. The topological polar surface area (TPSA) is 76.0 Å². The van der Waals surface area contributed by atoms with Crippen LogP contribution >= 0.6 is 0 Å². The molecule has 3 aromatic carbocycles. The van der Waals surface area contributed by atoms with Crippen LogP contribution < -0.4 is 10.2 Å². The van der Waals surface area contributed by atoms with Crippen molar-refractivity contribution in [3.8, 4) is 0 Å². The molecule has 1 aliphatic heterocycles. The summed E-state index contributed by atoms with van der Waals surface area (Å²) in [6.45, 7) is 11.3. The summed E-state index contributed by atoms with van der Waals surface area (Å²) in [6, 6.07) is 21.5. The largest absolute Gasteiger partial charge is 0.478 e. The molecule has 3 aromatic rings. The smallest absolute Gasteiger partial charge is 0.335 e. The van der Waals surface area contributed by atoms with Crippen molar-refractivity contribution in [3.05, 3.63) is 101 Å². The average Bonchev–Trinajstić information content (AvgIpc) is 2.92. The third kappa shape index (κ3) is 7.49. The summed E-state index contributed by atoms with van der Waals surface area (Å²) in [5.41, 5.74) is 6.56. The molecule has 0 aliphatic carbocycles. The Bertz CT molecular complexity index is 1270. The number of hydrogen-bond donors (Lipinski definition) is 3. The lowest BCUT2D eigenvalue weighted by molar-refractivity contribution is 0.0697. The van der Waals surface area contributed by atoms with E-state index in [1.165, 1.54) is 11.1 Å². The Balaban J connectivity index is 1.66. The average molecular weight is 528 g/mol. The highest BCUT2D eigenvalue weighted by Gasteiger charge is 2.26. The molecule has 206 valence electrons. The van der Waals surface area contributed by atoms with E-state index < -0.39 is 12.1 Å². The third-order valence-corrected chi connectivity index (χ3v) is 7.32. The maximum atomic E-state index is 11.3. The number of aliphatic hydroxyl groups is 1. The Morgan fingerprint density at radius 2 is 1.67 bits per heavy atom. The zero-order valence-corrected chi connectivity index (χ0v) is 23.5. The van der Waals surface area contributed by atoms with Crippen LogP contribution in [0, 0.1) is 0 Å². The Morgan fingerprint density at radius 1 is 1.00 bits per heavy atom. The van der Waals surface area contributed by atoms with Gasteiger partial charge in [0.2, 0.25) is 0 Å². The molecule has 1 atom stereocenters. The van der Waals surface area contributed by atoms with Crippen LogP contribution in [0.1, 0.15) is 59.5 Å². The number of carboxylic acids is 1. The van der Waals surface area contributed by atoms with Gasteiger partial charge in [0.05, 0.1) is 23.0 Å². The highest BCUT2D eigenvalue weighted by atomic mass is 16.4. The van der Waals surface area contributed by atoms with Gasteiger partial charge in [0.15, 0.2) is 0 Å². The van der Waals surface area contributed by atoms with Gasteiger partial charge in [-0.25, -0.2) is 4.79 Å². The number of carboxylic acid groups (broad SMARTS) is 1. The Labute approximate surface area is 232 Å². The summed E-state index contributed by atoms with van der Waals surface area (Å²) in [6.07, 6.45) is 3.75. The van der Waals surface area contributed by atoms with Crippen molar-refractivity contribution >= 4 is 23.4 Å². The van der Waals surface area contributed by atoms with Gasteiger partial charge in [0.25, 0.3) is 0 Å². The molecule has 6 heteroatoms. The van der Waals surface area contributed by atoms with Gasteiger partial charge >= 0.3 is 5.97 Å². The molecule has 0 spiro atoms. The number of benzene rings is 3. The molecule has 4 rings (SSSR count). The van der Waals surface area contributed by atoms with Gasteiger partial charge in [0, 0.05) is 32.7 Å². The van der Waals surface area contributed by atoms with Crippen molar-refractivity contribution in [1.82, 2.24) is 4.90 Å². The summed E-state index contributed by atoms with van der Waals surface area (Å²) >= 11 is 0. The van der Waals surface area contributed by atoms with E-state index in [0.29, 0.717) is 0 Å². The summed E-state index contributed by atoms with van der Waals surface area (Å²) in [4.78, 5) is 15.9. The number of rotatable bonds is 9. The lowest BCUT2D eigenvalue weighted by Crippen LogP contribution is -2.45. The second kappa shape index (κ2) is 12.5. The first-order valence-corrected chi connectivity index (χ1v) is 13.7. The van der Waals surface area contributed by atoms with E-state index in [2.05, 4.69) is 79.3 Å². The van der Waals surface area contributed by atoms with Gasteiger partial charge in [-0.15, -0.1) is 0 Å². The molecule has 0 aromatic heterocycles. The van der Waals surface area contributed by atoms with Crippen LogP contribution in [0.15, 0.2) is 72.8 Å². The zero-order valence-electron chi connectivity index (χ0n) is 23.5. The van der Waals surface area contributed by atoms with Gasteiger partial charge in [-0.05, 0) is 59.3 Å². The minimum Gasteiger partial charge on any atom is -0.478 e. The normalized spacial score (nSPS) is 15.5. The second-order valence-electron chi connectivity index (χ2n) is 11.4. The maximum Gasteiger partial charge on any atom is 0.335 e. The molecular formula is C33H41N3O3. The third-order valence-electron chi connectivity index (χ3n) is 7.32. The van der Waals surface area contributed by atoms with Crippen molar-refractivity contribution in [2.75, 3.05) is 50.0 Å². The van der Waals surface area contributed by atoms with Gasteiger partial charge in [-0.3, -0.25) is 0 Å². The number of hydrogen-bond acceptors (Lipinski definition) is 5. The molecule has 0 bridgehead atoms. The Morgan fingerprint density at radius 3 is 2.28 bits per heavy atom. The first-order chi connectivity index (χ1) is 18.6. The molecule has 39 heavy (non-hydrogen) atoms.